The van der Waals surface area contributed by atoms with Crippen LogP contribution in [-0.4, -0.2) is 4.98 Å². The highest BCUT2D eigenvalue weighted by atomic mass is 19.1. The van der Waals surface area contributed by atoms with E-state index in [-0.39, 0.29) is 6.04 Å². The predicted molar refractivity (Wildman–Crippen MR) is 72.1 cm³/mol. The van der Waals surface area contributed by atoms with Crippen molar-refractivity contribution in [1.82, 2.24) is 4.98 Å². The molecule has 0 radical (unpaired) electrons. The zero-order valence-corrected chi connectivity index (χ0v) is 11.2. The first-order chi connectivity index (χ1) is 8.97. The number of anilines is 1. The lowest BCUT2D eigenvalue weighted by molar-refractivity contribution is 0.566. The first-order valence-corrected chi connectivity index (χ1v) is 6.13. The number of hydrogen-bond donors (Lipinski definition) is 1. The van der Waals surface area contributed by atoms with E-state index >= 15 is 0 Å². The van der Waals surface area contributed by atoms with Gasteiger partial charge in [0.05, 0.1) is 17.4 Å². The number of hydrogen-bond acceptors (Lipinski definition) is 2. The molecule has 1 unspecified atom stereocenters. The van der Waals surface area contributed by atoms with Crippen LogP contribution in [0.1, 0.15) is 29.9 Å². The van der Waals surface area contributed by atoms with Crippen LogP contribution in [0, 0.1) is 25.5 Å². The maximum Gasteiger partial charge on any atom is 0.131 e. The highest BCUT2D eigenvalue weighted by molar-refractivity contribution is 5.49. The van der Waals surface area contributed by atoms with Crippen LogP contribution in [0.5, 0.6) is 0 Å². The summed E-state index contributed by atoms with van der Waals surface area (Å²) in [7, 11) is 0. The minimum Gasteiger partial charge on any atom is -0.377 e. The van der Waals surface area contributed by atoms with E-state index < -0.39 is 11.6 Å². The summed E-state index contributed by atoms with van der Waals surface area (Å²) in [5, 5.41) is 3.19. The Hall–Kier alpha value is -1.97. The van der Waals surface area contributed by atoms with E-state index in [1.807, 2.05) is 32.9 Å². The standard InChI is InChI=1S/C15H16F2N2/c1-9-4-7-15(11(3)18-9)19-10(2)13-6-5-12(16)8-14(13)17/h4-8,10,19H,1-3H3. The third-order valence-corrected chi connectivity index (χ3v) is 3.03. The van der Waals surface area contributed by atoms with Crippen molar-refractivity contribution >= 4 is 5.69 Å². The summed E-state index contributed by atoms with van der Waals surface area (Å²) < 4.78 is 26.5. The molecule has 2 rings (SSSR count). The average Bonchev–Trinajstić information content (AvgIpc) is 2.32. The molecule has 19 heavy (non-hydrogen) atoms. The van der Waals surface area contributed by atoms with Crippen LogP contribution in [0.25, 0.3) is 0 Å². The highest BCUT2D eigenvalue weighted by Gasteiger charge is 2.12. The molecule has 0 fully saturated rings. The van der Waals surface area contributed by atoms with Crippen molar-refractivity contribution < 1.29 is 8.78 Å². The monoisotopic (exact) mass is 262 g/mol. The fourth-order valence-corrected chi connectivity index (χ4v) is 2.00. The number of nitrogens with one attached hydrogen (secondary N) is 1. The van der Waals surface area contributed by atoms with Crippen molar-refractivity contribution in [3.05, 3.63) is 58.9 Å². The van der Waals surface area contributed by atoms with E-state index in [4.69, 9.17) is 0 Å². The molecule has 0 aliphatic heterocycles. The van der Waals surface area contributed by atoms with Crippen LogP contribution >= 0.6 is 0 Å². The Bertz CT molecular complexity index is 597. The normalized spacial score (nSPS) is 12.3. The van der Waals surface area contributed by atoms with Crippen molar-refractivity contribution in [1.29, 1.82) is 0 Å². The Morgan fingerprint density at radius 3 is 2.47 bits per heavy atom. The van der Waals surface area contributed by atoms with Crippen LogP contribution in [-0.2, 0) is 0 Å². The molecule has 0 aliphatic rings. The summed E-state index contributed by atoms with van der Waals surface area (Å²) in [6, 6.07) is 7.16. The molecular weight excluding hydrogens is 246 g/mol. The van der Waals surface area contributed by atoms with Gasteiger partial charge in [0.1, 0.15) is 11.6 Å². The Balaban J connectivity index is 2.23. The first kappa shape index (κ1) is 13.5. The summed E-state index contributed by atoms with van der Waals surface area (Å²) in [4.78, 5) is 4.34. The summed E-state index contributed by atoms with van der Waals surface area (Å²) in [5.74, 6) is -1.11. The molecule has 0 aliphatic carbocycles. The molecule has 4 heteroatoms. The molecule has 100 valence electrons. The third-order valence-electron chi connectivity index (χ3n) is 3.03. The maximum atomic E-state index is 13.7. The lowest BCUT2D eigenvalue weighted by Crippen LogP contribution is -2.10. The summed E-state index contributed by atoms with van der Waals surface area (Å²) in [6.45, 7) is 5.64. The summed E-state index contributed by atoms with van der Waals surface area (Å²) in [5.41, 5.74) is 3.07. The third kappa shape index (κ3) is 3.08. The largest absolute Gasteiger partial charge is 0.377 e. The topological polar surface area (TPSA) is 24.9 Å². The van der Waals surface area contributed by atoms with Gasteiger partial charge in [0, 0.05) is 17.3 Å². The lowest BCUT2D eigenvalue weighted by atomic mass is 10.1. The van der Waals surface area contributed by atoms with Gasteiger partial charge in [-0.1, -0.05) is 6.07 Å². The van der Waals surface area contributed by atoms with Gasteiger partial charge in [0.25, 0.3) is 0 Å². The Morgan fingerprint density at radius 2 is 1.84 bits per heavy atom. The van der Waals surface area contributed by atoms with E-state index in [9.17, 15) is 8.78 Å². The number of aromatic nitrogens is 1. The smallest absolute Gasteiger partial charge is 0.131 e. The van der Waals surface area contributed by atoms with E-state index in [2.05, 4.69) is 10.3 Å². The van der Waals surface area contributed by atoms with Gasteiger partial charge in [-0.2, -0.15) is 0 Å². The molecule has 1 aromatic heterocycles. The van der Waals surface area contributed by atoms with Crippen molar-refractivity contribution in [2.45, 2.75) is 26.8 Å². The minimum absolute atomic E-state index is 0.260. The van der Waals surface area contributed by atoms with E-state index in [1.54, 1.807) is 0 Å². The van der Waals surface area contributed by atoms with Crippen molar-refractivity contribution in [2.75, 3.05) is 5.32 Å². The van der Waals surface area contributed by atoms with Gasteiger partial charge >= 0.3 is 0 Å². The molecule has 1 N–H and O–H groups in total. The molecule has 1 aromatic carbocycles. The lowest BCUT2D eigenvalue weighted by Gasteiger charge is -2.18. The minimum atomic E-state index is -0.568. The van der Waals surface area contributed by atoms with E-state index in [0.717, 1.165) is 23.1 Å². The van der Waals surface area contributed by atoms with Crippen LogP contribution < -0.4 is 5.32 Å². The van der Waals surface area contributed by atoms with E-state index in [0.29, 0.717) is 5.56 Å². The number of pyridine rings is 1. The van der Waals surface area contributed by atoms with Crippen LogP contribution in [0.15, 0.2) is 30.3 Å². The van der Waals surface area contributed by atoms with Gasteiger partial charge in [0.2, 0.25) is 0 Å². The van der Waals surface area contributed by atoms with Gasteiger partial charge in [-0.15, -0.1) is 0 Å². The van der Waals surface area contributed by atoms with Gasteiger partial charge in [-0.05, 0) is 39.0 Å². The predicted octanol–water partition coefficient (Wildman–Crippen LogP) is 4.15. The number of benzene rings is 1. The molecule has 0 saturated carbocycles. The Morgan fingerprint density at radius 1 is 1.11 bits per heavy atom. The fraction of sp³-hybridized carbons (Fsp3) is 0.267. The number of nitrogens with zero attached hydrogens (tertiary/aromatic N) is 1. The highest BCUT2D eigenvalue weighted by Crippen LogP contribution is 2.23. The van der Waals surface area contributed by atoms with Gasteiger partial charge < -0.3 is 5.32 Å². The number of halogens is 2. The van der Waals surface area contributed by atoms with Crippen molar-refractivity contribution in [3.63, 3.8) is 0 Å². The SMILES string of the molecule is Cc1ccc(NC(C)c2ccc(F)cc2F)c(C)n1. The number of aryl methyl sites for hydroxylation is 2. The molecule has 0 amide bonds. The molecule has 1 atom stereocenters. The van der Waals surface area contributed by atoms with Gasteiger partial charge in [-0.25, -0.2) is 8.78 Å². The number of rotatable bonds is 3. The van der Waals surface area contributed by atoms with E-state index in [1.165, 1.54) is 12.1 Å². The molecular formula is C15H16F2N2. The van der Waals surface area contributed by atoms with Crippen molar-refractivity contribution in [3.8, 4) is 0 Å². The van der Waals surface area contributed by atoms with Crippen LogP contribution in [0.3, 0.4) is 0 Å². The fourth-order valence-electron chi connectivity index (χ4n) is 2.00. The molecule has 1 heterocycles. The van der Waals surface area contributed by atoms with Crippen molar-refractivity contribution in [2.24, 2.45) is 0 Å². The zero-order valence-electron chi connectivity index (χ0n) is 11.2. The zero-order chi connectivity index (χ0) is 14.0. The van der Waals surface area contributed by atoms with Crippen LogP contribution in [0.2, 0.25) is 0 Å². The van der Waals surface area contributed by atoms with Gasteiger partial charge in [-0.3, -0.25) is 4.98 Å². The Kier molecular flexibility index (Phi) is 3.79. The first-order valence-electron chi connectivity index (χ1n) is 6.13. The second kappa shape index (κ2) is 5.34. The quantitative estimate of drug-likeness (QED) is 0.898. The molecule has 0 bridgehead atoms. The second-order valence-corrected chi connectivity index (χ2v) is 4.62. The molecule has 0 spiro atoms. The average molecular weight is 262 g/mol. The van der Waals surface area contributed by atoms with Gasteiger partial charge in [0.15, 0.2) is 0 Å². The van der Waals surface area contributed by atoms with Crippen LogP contribution in [0.4, 0.5) is 14.5 Å². The maximum absolute atomic E-state index is 13.7. The molecule has 0 saturated heterocycles. The molecule has 2 nitrogen and oxygen atoms in total. The Labute approximate surface area is 111 Å². The molecule has 2 aromatic rings. The summed E-state index contributed by atoms with van der Waals surface area (Å²) >= 11 is 0. The second-order valence-electron chi connectivity index (χ2n) is 4.62. The summed E-state index contributed by atoms with van der Waals surface area (Å²) in [6.07, 6.45) is 0.